The van der Waals surface area contributed by atoms with Crippen LogP contribution in [-0.2, 0) is 9.53 Å². The van der Waals surface area contributed by atoms with Crippen LogP contribution in [0, 0.1) is 13.8 Å². The van der Waals surface area contributed by atoms with Crippen molar-refractivity contribution in [1.29, 1.82) is 0 Å². The SMILES string of the molecule is Cc1[nH]c(C=C2C(=O)NN=C2c2ncc[nH]2)c(C)c1C(=O)OCCN(C)C. The first-order valence-corrected chi connectivity index (χ1v) is 8.49. The van der Waals surface area contributed by atoms with Gasteiger partial charge in [-0.25, -0.2) is 15.2 Å². The number of aryl methyl sites for hydroxylation is 1. The summed E-state index contributed by atoms with van der Waals surface area (Å²) in [7, 11) is 3.82. The summed E-state index contributed by atoms with van der Waals surface area (Å²) in [6.07, 6.45) is 4.91. The Balaban J connectivity index is 1.88. The van der Waals surface area contributed by atoms with Crippen molar-refractivity contribution in [3.05, 3.63) is 46.3 Å². The van der Waals surface area contributed by atoms with E-state index in [9.17, 15) is 9.59 Å². The first kappa shape index (κ1) is 18.6. The molecule has 0 spiro atoms. The number of hydrogen-bond acceptors (Lipinski definition) is 6. The maximum absolute atomic E-state index is 12.4. The molecule has 9 nitrogen and oxygen atoms in total. The topological polar surface area (TPSA) is 115 Å². The third-order valence-corrected chi connectivity index (χ3v) is 4.23. The molecule has 3 N–H and O–H groups in total. The number of hydrogen-bond donors (Lipinski definition) is 3. The van der Waals surface area contributed by atoms with Crippen molar-refractivity contribution in [2.24, 2.45) is 5.10 Å². The second-order valence-electron chi connectivity index (χ2n) is 6.50. The number of amides is 1. The first-order valence-electron chi connectivity index (χ1n) is 8.49. The molecule has 1 aliphatic heterocycles. The van der Waals surface area contributed by atoms with Gasteiger partial charge in [0.15, 0.2) is 5.82 Å². The molecular weight excluding hydrogens is 348 g/mol. The smallest absolute Gasteiger partial charge is 0.340 e. The minimum Gasteiger partial charge on any atom is -0.461 e. The Labute approximate surface area is 156 Å². The summed E-state index contributed by atoms with van der Waals surface area (Å²) >= 11 is 0. The van der Waals surface area contributed by atoms with Crippen molar-refractivity contribution in [1.82, 2.24) is 25.3 Å². The van der Waals surface area contributed by atoms with Gasteiger partial charge in [0.25, 0.3) is 5.91 Å². The summed E-state index contributed by atoms with van der Waals surface area (Å²) in [4.78, 5) is 36.8. The number of carbonyl (C=O) groups is 2. The lowest BCUT2D eigenvalue weighted by molar-refractivity contribution is -0.116. The zero-order valence-electron chi connectivity index (χ0n) is 15.7. The van der Waals surface area contributed by atoms with E-state index in [2.05, 4.69) is 25.5 Å². The Morgan fingerprint density at radius 3 is 2.78 bits per heavy atom. The van der Waals surface area contributed by atoms with Crippen LogP contribution in [0.15, 0.2) is 23.1 Å². The number of ether oxygens (including phenoxy) is 1. The van der Waals surface area contributed by atoms with Crippen LogP contribution >= 0.6 is 0 Å². The van der Waals surface area contributed by atoms with Crippen LogP contribution in [0.4, 0.5) is 0 Å². The van der Waals surface area contributed by atoms with Crippen LogP contribution in [0.2, 0.25) is 0 Å². The largest absolute Gasteiger partial charge is 0.461 e. The van der Waals surface area contributed by atoms with E-state index in [0.717, 1.165) is 0 Å². The van der Waals surface area contributed by atoms with E-state index in [1.54, 1.807) is 25.4 Å². The summed E-state index contributed by atoms with van der Waals surface area (Å²) in [6, 6.07) is 0. The van der Waals surface area contributed by atoms with Crippen molar-refractivity contribution in [3.8, 4) is 0 Å². The number of aromatic nitrogens is 3. The summed E-state index contributed by atoms with van der Waals surface area (Å²) in [5, 5.41) is 4.03. The standard InChI is InChI=1S/C18H22N6O3/c1-10-13(21-11(2)14(10)18(26)27-8-7-24(3)4)9-12-15(22-23-17(12)25)16-19-5-6-20-16/h5-6,9,21H,7-8H2,1-4H3,(H,19,20)(H,23,25). The quantitative estimate of drug-likeness (QED) is 0.518. The van der Waals surface area contributed by atoms with Gasteiger partial charge in [-0.3, -0.25) is 4.79 Å². The monoisotopic (exact) mass is 370 g/mol. The average Bonchev–Trinajstić information content (AvgIpc) is 3.30. The number of esters is 1. The Hall–Kier alpha value is -3.20. The van der Waals surface area contributed by atoms with Gasteiger partial charge in [-0.1, -0.05) is 0 Å². The molecule has 1 amide bonds. The van der Waals surface area contributed by atoms with E-state index in [1.165, 1.54) is 0 Å². The normalized spacial score (nSPS) is 15.4. The van der Waals surface area contributed by atoms with Gasteiger partial charge in [0, 0.05) is 30.3 Å². The number of hydrazone groups is 1. The van der Waals surface area contributed by atoms with Crippen LogP contribution in [0.3, 0.4) is 0 Å². The number of nitrogens with zero attached hydrogens (tertiary/aromatic N) is 3. The highest BCUT2D eigenvalue weighted by Gasteiger charge is 2.27. The number of imidazole rings is 1. The summed E-state index contributed by atoms with van der Waals surface area (Å²) < 4.78 is 5.35. The highest BCUT2D eigenvalue weighted by atomic mass is 16.5. The molecule has 1 aliphatic rings. The van der Waals surface area contributed by atoms with E-state index in [1.807, 2.05) is 25.9 Å². The summed E-state index contributed by atoms with van der Waals surface area (Å²) in [6.45, 7) is 4.57. The molecule has 2 aromatic rings. The lowest BCUT2D eigenvalue weighted by atomic mass is 10.1. The molecule has 3 rings (SSSR count). The van der Waals surface area contributed by atoms with Crippen LogP contribution in [0.1, 0.15) is 33.1 Å². The predicted octanol–water partition coefficient (Wildman–Crippen LogP) is 0.991. The molecule has 142 valence electrons. The maximum atomic E-state index is 12.4. The molecule has 3 heterocycles. The van der Waals surface area contributed by atoms with Gasteiger partial charge in [0.2, 0.25) is 0 Å². The molecule has 0 fully saturated rings. The summed E-state index contributed by atoms with van der Waals surface area (Å²) in [5.41, 5.74) is 5.76. The molecule has 27 heavy (non-hydrogen) atoms. The van der Waals surface area contributed by atoms with Gasteiger partial charge in [-0.2, -0.15) is 5.10 Å². The third-order valence-electron chi connectivity index (χ3n) is 4.23. The highest BCUT2D eigenvalue weighted by Crippen LogP contribution is 2.23. The van der Waals surface area contributed by atoms with Crippen molar-refractivity contribution in [2.75, 3.05) is 27.2 Å². The molecule has 2 aromatic heterocycles. The maximum Gasteiger partial charge on any atom is 0.340 e. The molecule has 0 saturated carbocycles. The molecule has 0 aromatic carbocycles. The molecule has 0 atom stereocenters. The van der Waals surface area contributed by atoms with Crippen molar-refractivity contribution >= 4 is 23.7 Å². The number of H-pyrrole nitrogens is 2. The fourth-order valence-corrected chi connectivity index (χ4v) is 2.81. The molecule has 0 saturated heterocycles. The van der Waals surface area contributed by atoms with Crippen molar-refractivity contribution in [2.45, 2.75) is 13.8 Å². The zero-order valence-corrected chi connectivity index (χ0v) is 15.7. The molecule has 0 radical (unpaired) electrons. The number of rotatable bonds is 6. The van der Waals surface area contributed by atoms with Crippen LogP contribution in [0.5, 0.6) is 0 Å². The van der Waals surface area contributed by atoms with E-state index in [4.69, 9.17) is 4.74 Å². The Bertz CT molecular complexity index is 921. The second-order valence-corrected chi connectivity index (χ2v) is 6.50. The van der Waals surface area contributed by atoms with E-state index >= 15 is 0 Å². The first-order chi connectivity index (χ1) is 12.9. The average molecular weight is 370 g/mol. The second kappa shape index (κ2) is 7.58. The van der Waals surface area contributed by atoms with Crippen molar-refractivity contribution < 1.29 is 14.3 Å². The highest BCUT2D eigenvalue weighted by molar-refractivity contribution is 6.32. The van der Waals surface area contributed by atoms with E-state index < -0.39 is 0 Å². The van der Waals surface area contributed by atoms with Gasteiger partial charge >= 0.3 is 5.97 Å². The number of likely N-dealkylation sites (N-methyl/N-ethyl adjacent to an activating group) is 1. The van der Waals surface area contributed by atoms with E-state index in [-0.39, 0.29) is 11.9 Å². The van der Waals surface area contributed by atoms with Gasteiger partial charge < -0.3 is 19.6 Å². The zero-order chi connectivity index (χ0) is 19.6. The predicted molar refractivity (Wildman–Crippen MR) is 100 cm³/mol. The van der Waals surface area contributed by atoms with Gasteiger partial charge in [-0.15, -0.1) is 0 Å². The van der Waals surface area contributed by atoms with Gasteiger partial charge in [0.05, 0.1) is 11.1 Å². The summed E-state index contributed by atoms with van der Waals surface area (Å²) in [5.74, 6) is -0.226. The minimum atomic E-state index is -0.386. The van der Waals surface area contributed by atoms with Crippen LogP contribution < -0.4 is 5.43 Å². The lowest BCUT2D eigenvalue weighted by Gasteiger charge is -2.10. The fraction of sp³-hybridized carbons (Fsp3) is 0.333. The number of nitrogens with one attached hydrogen (secondary N) is 3. The number of carbonyl (C=O) groups excluding carboxylic acids is 2. The Kier molecular flexibility index (Phi) is 5.22. The minimum absolute atomic E-state index is 0.310. The van der Waals surface area contributed by atoms with Gasteiger partial charge in [-0.05, 0) is 39.6 Å². The molecule has 0 bridgehead atoms. The molecule has 0 aliphatic carbocycles. The molecule has 0 unspecified atom stereocenters. The van der Waals surface area contributed by atoms with Crippen molar-refractivity contribution in [3.63, 3.8) is 0 Å². The fourth-order valence-electron chi connectivity index (χ4n) is 2.81. The van der Waals surface area contributed by atoms with Crippen LogP contribution in [-0.4, -0.2) is 64.7 Å². The molecular formula is C18H22N6O3. The van der Waals surface area contributed by atoms with E-state index in [0.29, 0.717) is 52.8 Å². The van der Waals surface area contributed by atoms with Crippen LogP contribution in [0.25, 0.3) is 6.08 Å². The lowest BCUT2D eigenvalue weighted by Crippen LogP contribution is -2.20. The number of aromatic amines is 2. The third kappa shape index (κ3) is 3.82. The van der Waals surface area contributed by atoms with Gasteiger partial charge in [0.1, 0.15) is 12.3 Å². The molecule has 9 heteroatoms. The Morgan fingerprint density at radius 2 is 2.11 bits per heavy atom. The Morgan fingerprint density at radius 1 is 1.33 bits per heavy atom.